The molecule has 2 rings (SSSR count). The lowest BCUT2D eigenvalue weighted by atomic mass is 10.2. The zero-order chi connectivity index (χ0) is 12.3. The van der Waals surface area contributed by atoms with Gasteiger partial charge in [0.15, 0.2) is 0 Å². The standard InChI is InChI=1S/C13H22N4/c1-4-7-16-10-12(5-2)15-13(16)17-8-6-14-11(3)9-17/h4,10-11,14H,1,5-9H2,2-3H3. The Hall–Kier alpha value is -1.29. The molecule has 1 atom stereocenters. The molecular weight excluding hydrogens is 212 g/mol. The molecule has 1 aliphatic heterocycles. The van der Waals surface area contributed by atoms with Gasteiger partial charge in [-0.25, -0.2) is 4.98 Å². The molecule has 0 aliphatic carbocycles. The zero-order valence-electron chi connectivity index (χ0n) is 10.8. The molecule has 1 fully saturated rings. The van der Waals surface area contributed by atoms with Crippen LogP contribution >= 0.6 is 0 Å². The third-order valence-electron chi connectivity index (χ3n) is 3.15. The second-order valence-corrected chi connectivity index (χ2v) is 4.63. The largest absolute Gasteiger partial charge is 0.339 e. The first-order valence-electron chi connectivity index (χ1n) is 6.39. The van der Waals surface area contributed by atoms with Crippen molar-refractivity contribution in [1.29, 1.82) is 0 Å². The van der Waals surface area contributed by atoms with Crippen molar-refractivity contribution in [2.24, 2.45) is 0 Å². The van der Waals surface area contributed by atoms with Gasteiger partial charge in [-0.05, 0) is 13.3 Å². The Kier molecular flexibility index (Phi) is 3.84. The van der Waals surface area contributed by atoms with Crippen LogP contribution in [0.2, 0.25) is 0 Å². The maximum atomic E-state index is 4.72. The van der Waals surface area contributed by atoms with Crippen molar-refractivity contribution in [3.05, 3.63) is 24.5 Å². The summed E-state index contributed by atoms with van der Waals surface area (Å²) < 4.78 is 2.20. The number of hydrogen-bond acceptors (Lipinski definition) is 3. The number of anilines is 1. The SMILES string of the molecule is C=CCn1cc(CC)nc1N1CCNC(C)C1. The molecule has 0 amide bonds. The van der Waals surface area contributed by atoms with Gasteiger partial charge in [0, 0.05) is 38.4 Å². The average molecular weight is 234 g/mol. The highest BCUT2D eigenvalue weighted by atomic mass is 15.3. The molecule has 0 radical (unpaired) electrons. The van der Waals surface area contributed by atoms with Crippen LogP contribution in [0.1, 0.15) is 19.5 Å². The molecule has 1 aromatic heterocycles. The number of hydrogen-bond donors (Lipinski definition) is 1. The van der Waals surface area contributed by atoms with Gasteiger partial charge in [-0.3, -0.25) is 0 Å². The number of aryl methyl sites for hydroxylation is 1. The van der Waals surface area contributed by atoms with E-state index in [4.69, 9.17) is 4.98 Å². The van der Waals surface area contributed by atoms with Crippen molar-refractivity contribution >= 4 is 5.95 Å². The number of aromatic nitrogens is 2. The highest BCUT2D eigenvalue weighted by Crippen LogP contribution is 2.17. The molecule has 1 N–H and O–H groups in total. The molecule has 4 heteroatoms. The van der Waals surface area contributed by atoms with Gasteiger partial charge in [-0.1, -0.05) is 13.0 Å². The van der Waals surface area contributed by atoms with E-state index in [1.807, 2.05) is 6.08 Å². The Labute approximate surface area is 103 Å². The first kappa shape index (κ1) is 12.2. The molecule has 94 valence electrons. The van der Waals surface area contributed by atoms with E-state index in [0.29, 0.717) is 6.04 Å². The predicted octanol–water partition coefficient (Wildman–Crippen LogP) is 1.43. The van der Waals surface area contributed by atoms with Gasteiger partial charge in [0.25, 0.3) is 0 Å². The highest BCUT2D eigenvalue weighted by molar-refractivity contribution is 5.35. The summed E-state index contributed by atoms with van der Waals surface area (Å²) in [5.41, 5.74) is 1.16. The lowest BCUT2D eigenvalue weighted by molar-refractivity contribution is 0.475. The van der Waals surface area contributed by atoms with Gasteiger partial charge in [-0.15, -0.1) is 6.58 Å². The van der Waals surface area contributed by atoms with Crippen LogP contribution in [0.5, 0.6) is 0 Å². The minimum atomic E-state index is 0.530. The summed E-state index contributed by atoms with van der Waals surface area (Å²) in [6.45, 7) is 12.1. The van der Waals surface area contributed by atoms with Crippen LogP contribution in [0, 0.1) is 0 Å². The third kappa shape index (κ3) is 2.69. The summed E-state index contributed by atoms with van der Waals surface area (Å²) in [4.78, 5) is 7.08. The van der Waals surface area contributed by atoms with Crippen LogP contribution in [0.15, 0.2) is 18.9 Å². The van der Waals surface area contributed by atoms with Crippen LogP contribution < -0.4 is 10.2 Å². The Morgan fingerprint density at radius 1 is 1.65 bits per heavy atom. The second kappa shape index (κ2) is 5.36. The second-order valence-electron chi connectivity index (χ2n) is 4.63. The van der Waals surface area contributed by atoms with Gasteiger partial charge in [0.1, 0.15) is 0 Å². The molecule has 0 saturated carbocycles. The number of piperazine rings is 1. The monoisotopic (exact) mass is 234 g/mol. The van der Waals surface area contributed by atoms with E-state index < -0.39 is 0 Å². The summed E-state index contributed by atoms with van der Waals surface area (Å²) in [5, 5.41) is 3.46. The Bertz CT molecular complexity index is 383. The van der Waals surface area contributed by atoms with Gasteiger partial charge >= 0.3 is 0 Å². The quantitative estimate of drug-likeness (QED) is 0.800. The van der Waals surface area contributed by atoms with Crippen molar-refractivity contribution in [2.45, 2.75) is 32.9 Å². The summed E-state index contributed by atoms with van der Waals surface area (Å²) in [7, 11) is 0. The van der Waals surface area contributed by atoms with E-state index in [2.05, 4.69) is 41.4 Å². The zero-order valence-corrected chi connectivity index (χ0v) is 10.8. The molecule has 1 unspecified atom stereocenters. The maximum absolute atomic E-state index is 4.72. The fraction of sp³-hybridized carbons (Fsp3) is 0.615. The fourth-order valence-electron chi connectivity index (χ4n) is 2.27. The van der Waals surface area contributed by atoms with Gasteiger partial charge in [0.05, 0.1) is 5.69 Å². The van der Waals surface area contributed by atoms with Crippen LogP contribution in [0.3, 0.4) is 0 Å². The number of imidazole rings is 1. The van der Waals surface area contributed by atoms with E-state index in [1.165, 1.54) is 0 Å². The molecule has 1 saturated heterocycles. The number of nitrogens with zero attached hydrogens (tertiary/aromatic N) is 3. The van der Waals surface area contributed by atoms with E-state index in [1.54, 1.807) is 0 Å². The van der Waals surface area contributed by atoms with E-state index in [0.717, 1.165) is 44.2 Å². The van der Waals surface area contributed by atoms with Gasteiger partial charge < -0.3 is 14.8 Å². The highest BCUT2D eigenvalue weighted by Gasteiger charge is 2.20. The van der Waals surface area contributed by atoms with Crippen molar-refractivity contribution in [1.82, 2.24) is 14.9 Å². The van der Waals surface area contributed by atoms with Crippen LogP contribution in [-0.4, -0.2) is 35.2 Å². The average Bonchev–Trinajstić information content (AvgIpc) is 2.73. The molecule has 1 aromatic rings. The summed E-state index contributed by atoms with van der Waals surface area (Å²) >= 11 is 0. The maximum Gasteiger partial charge on any atom is 0.206 e. The van der Waals surface area contributed by atoms with Crippen molar-refractivity contribution < 1.29 is 0 Å². The summed E-state index contributed by atoms with van der Waals surface area (Å²) in [6, 6.07) is 0.530. The first-order chi connectivity index (χ1) is 8.24. The number of allylic oxidation sites excluding steroid dienone is 1. The summed E-state index contributed by atoms with van der Waals surface area (Å²) in [6.07, 6.45) is 5.05. The lowest BCUT2D eigenvalue weighted by Crippen LogP contribution is -2.50. The fourth-order valence-corrected chi connectivity index (χ4v) is 2.27. The van der Waals surface area contributed by atoms with Crippen molar-refractivity contribution in [3.8, 4) is 0 Å². The van der Waals surface area contributed by atoms with Crippen LogP contribution in [0.25, 0.3) is 0 Å². The molecule has 0 spiro atoms. The Balaban J connectivity index is 2.22. The molecule has 1 aliphatic rings. The number of nitrogens with one attached hydrogen (secondary N) is 1. The smallest absolute Gasteiger partial charge is 0.206 e. The van der Waals surface area contributed by atoms with Gasteiger partial charge in [0.2, 0.25) is 5.95 Å². The normalized spacial score (nSPS) is 20.6. The number of rotatable bonds is 4. The molecule has 4 nitrogen and oxygen atoms in total. The molecule has 2 heterocycles. The Morgan fingerprint density at radius 3 is 3.12 bits per heavy atom. The van der Waals surface area contributed by atoms with Crippen LogP contribution in [0.4, 0.5) is 5.95 Å². The Morgan fingerprint density at radius 2 is 2.47 bits per heavy atom. The minimum Gasteiger partial charge on any atom is -0.339 e. The third-order valence-corrected chi connectivity index (χ3v) is 3.15. The minimum absolute atomic E-state index is 0.530. The molecule has 0 aromatic carbocycles. The molecule has 17 heavy (non-hydrogen) atoms. The first-order valence-corrected chi connectivity index (χ1v) is 6.39. The molecule has 0 bridgehead atoms. The predicted molar refractivity (Wildman–Crippen MR) is 71.5 cm³/mol. The van der Waals surface area contributed by atoms with Crippen molar-refractivity contribution in [2.75, 3.05) is 24.5 Å². The van der Waals surface area contributed by atoms with Gasteiger partial charge in [-0.2, -0.15) is 0 Å². The van der Waals surface area contributed by atoms with E-state index >= 15 is 0 Å². The van der Waals surface area contributed by atoms with E-state index in [9.17, 15) is 0 Å². The summed E-state index contributed by atoms with van der Waals surface area (Å²) in [5.74, 6) is 1.09. The van der Waals surface area contributed by atoms with Crippen LogP contribution in [-0.2, 0) is 13.0 Å². The molecular formula is C13H22N4. The topological polar surface area (TPSA) is 33.1 Å². The van der Waals surface area contributed by atoms with Crippen molar-refractivity contribution in [3.63, 3.8) is 0 Å². The van der Waals surface area contributed by atoms with E-state index in [-0.39, 0.29) is 0 Å². The lowest BCUT2D eigenvalue weighted by Gasteiger charge is -2.32.